The minimum atomic E-state index is -0.355. The summed E-state index contributed by atoms with van der Waals surface area (Å²) in [6, 6.07) is 9.58. The van der Waals surface area contributed by atoms with E-state index in [-0.39, 0.29) is 18.3 Å². The van der Waals surface area contributed by atoms with Crippen LogP contribution in [0.15, 0.2) is 40.9 Å². The van der Waals surface area contributed by atoms with Crippen LogP contribution >= 0.6 is 27.5 Å². The summed E-state index contributed by atoms with van der Waals surface area (Å²) < 4.78 is 11.0. The number of phenolic OH excluding ortho intramolecular Hbond substituents is 1. The molecule has 0 heterocycles. The summed E-state index contributed by atoms with van der Waals surface area (Å²) in [5, 5.41) is 12.8. The molecule has 5 nitrogen and oxygen atoms in total. The molecule has 2 rings (SSSR count). The van der Waals surface area contributed by atoms with Gasteiger partial charge in [-0.2, -0.15) is 0 Å². The molecule has 2 aromatic carbocycles. The number of rotatable bonds is 5. The SMILES string of the molecule is COc1ccc(NC(=O)COc2ccc(Cl)cc2Br)cc1O. The van der Waals surface area contributed by atoms with Crippen LogP contribution in [0.1, 0.15) is 0 Å². The maximum absolute atomic E-state index is 11.8. The number of amides is 1. The summed E-state index contributed by atoms with van der Waals surface area (Å²) >= 11 is 9.13. The molecule has 22 heavy (non-hydrogen) atoms. The fourth-order valence-corrected chi connectivity index (χ4v) is 2.50. The second kappa shape index (κ2) is 7.38. The Morgan fingerprint density at radius 3 is 2.64 bits per heavy atom. The number of methoxy groups -OCH3 is 1. The number of ether oxygens (including phenoxy) is 2. The highest BCUT2D eigenvalue weighted by molar-refractivity contribution is 9.10. The molecule has 0 atom stereocenters. The van der Waals surface area contributed by atoms with Gasteiger partial charge in [0.2, 0.25) is 0 Å². The molecular formula is C15H13BrClNO4. The summed E-state index contributed by atoms with van der Waals surface area (Å²) in [5.41, 5.74) is 0.446. The van der Waals surface area contributed by atoms with Crippen molar-refractivity contribution < 1.29 is 19.4 Å². The number of hydrogen-bond acceptors (Lipinski definition) is 4. The third kappa shape index (κ3) is 4.29. The van der Waals surface area contributed by atoms with Crippen LogP contribution in [0, 0.1) is 0 Å². The highest BCUT2D eigenvalue weighted by Gasteiger charge is 2.08. The molecule has 0 saturated carbocycles. The Morgan fingerprint density at radius 1 is 1.27 bits per heavy atom. The molecule has 0 fully saturated rings. The maximum Gasteiger partial charge on any atom is 0.262 e. The van der Waals surface area contributed by atoms with E-state index in [1.807, 2.05) is 0 Å². The van der Waals surface area contributed by atoms with Crippen molar-refractivity contribution in [1.82, 2.24) is 0 Å². The van der Waals surface area contributed by atoms with Gasteiger partial charge in [0.15, 0.2) is 18.1 Å². The number of anilines is 1. The van der Waals surface area contributed by atoms with Crippen molar-refractivity contribution in [3.63, 3.8) is 0 Å². The molecule has 0 spiro atoms. The van der Waals surface area contributed by atoms with E-state index in [4.69, 9.17) is 21.1 Å². The van der Waals surface area contributed by atoms with Crippen LogP contribution < -0.4 is 14.8 Å². The fourth-order valence-electron chi connectivity index (χ4n) is 1.70. The van der Waals surface area contributed by atoms with E-state index < -0.39 is 0 Å². The monoisotopic (exact) mass is 385 g/mol. The Kier molecular flexibility index (Phi) is 5.51. The van der Waals surface area contributed by atoms with Crippen LogP contribution in [-0.4, -0.2) is 24.7 Å². The van der Waals surface area contributed by atoms with Gasteiger partial charge in [0.1, 0.15) is 5.75 Å². The minimum absolute atomic E-state index is 0.0540. The third-order valence-corrected chi connectivity index (χ3v) is 3.57. The van der Waals surface area contributed by atoms with Crippen molar-refractivity contribution in [1.29, 1.82) is 0 Å². The molecule has 0 aliphatic carbocycles. The molecule has 2 aromatic rings. The lowest BCUT2D eigenvalue weighted by molar-refractivity contribution is -0.118. The Hall–Kier alpha value is -1.92. The number of phenols is 1. The standard InChI is InChI=1S/C15H13BrClNO4/c1-21-14-5-3-10(7-12(14)19)18-15(20)8-22-13-4-2-9(17)6-11(13)16/h2-7,19H,8H2,1H3,(H,18,20). The largest absolute Gasteiger partial charge is 0.504 e. The van der Waals surface area contributed by atoms with Crippen molar-refractivity contribution in [2.45, 2.75) is 0 Å². The lowest BCUT2D eigenvalue weighted by Crippen LogP contribution is -2.20. The number of nitrogens with one attached hydrogen (secondary N) is 1. The van der Waals surface area contributed by atoms with Gasteiger partial charge in [0, 0.05) is 16.8 Å². The zero-order valence-electron chi connectivity index (χ0n) is 11.6. The van der Waals surface area contributed by atoms with E-state index in [0.29, 0.717) is 26.7 Å². The Balaban J connectivity index is 1.94. The molecule has 0 bridgehead atoms. The first-order valence-electron chi connectivity index (χ1n) is 6.24. The van der Waals surface area contributed by atoms with Crippen molar-refractivity contribution >= 4 is 39.1 Å². The minimum Gasteiger partial charge on any atom is -0.504 e. The summed E-state index contributed by atoms with van der Waals surface area (Å²) in [5.74, 6) is 0.435. The van der Waals surface area contributed by atoms with E-state index in [2.05, 4.69) is 21.2 Å². The molecule has 0 saturated heterocycles. The zero-order valence-corrected chi connectivity index (χ0v) is 13.9. The average molecular weight is 387 g/mol. The van der Waals surface area contributed by atoms with Gasteiger partial charge in [-0.3, -0.25) is 4.79 Å². The summed E-state index contributed by atoms with van der Waals surface area (Å²) in [7, 11) is 1.45. The first-order chi connectivity index (χ1) is 10.5. The topological polar surface area (TPSA) is 67.8 Å². The molecule has 0 aliphatic heterocycles. The summed E-state index contributed by atoms with van der Waals surface area (Å²) in [6.07, 6.45) is 0. The van der Waals surface area contributed by atoms with E-state index in [1.165, 1.54) is 13.2 Å². The lowest BCUT2D eigenvalue weighted by Gasteiger charge is -2.10. The van der Waals surface area contributed by atoms with E-state index in [9.17, 15) is 9.90 Å². The summed E-state index contributed by atoms with van der Waals surface area (Å²) in [6.45, 7) is -0.174. The van der Waals surface area contributed by atoms with Gasteiger partial charge in [-0.1, -0.05) is 11.6 Å². The van der Waals surface area contributed by atoms with Crippen LogP contribution in [0.25, 0.3) is 0 Å². The van der Waals surface area contributed by atoms with Gasteiger partial charge < -0.3 is 19.9 Å². The lowest BCUT2D eigenvalue weighted by atomic mass is 10.2. The fraction of sp³-hybridized carbons (Fsp3) is 0.133. The van der Waals surface area contributed by atoms with E-state index >= 15 is 0 Å². The van der Waals surface area contributed by atoms with E-state index in [1.54, 1.807) is 30.3 Å². The molecule has 1 amide bonds. The van der Waals surface area contributed by atoms with Gasteiger partial charge >= 0.3 is 0 Å². The molecule has 0 aromatic heterocycles. The number of aromatic hydroxyl groups is 1. The van der Waals surface area contributed by atoms with Crippen molar-refractivity contribution in [3.8, 4) is 17.2 Å². The van der Waals surface area contributed by atoms with Gasteiger partial charge in [-0.05, 0) is 46.3 Å². The highest BCUT2D eigenvalue weighted by atomic mass is 79.9. The quantitative estimate of drug-likeness (QED) is 0.819. The summed E-state index contributed by atoms with van der Waals surface area (Å²) in [4.78, 5) is 11.8. The van der Waals surface area contributed by atoms with Crippen molar-refractivity contribution in [3.05, 3.63) is 45.9 Å². The third-order valence-electron chi connectivity index (χ3n) is 2.72. The average Bonchev–Trinajstić information content (AvgIpc) is 2.46. The smallest absolute Gasteiger partial charge is 0.262 e. The molecule has 0 radical (unpaired) electrons. The predicted octanol–water partition coefficient (Wildman–Crippen LogP) is 3.83. The molecule has 0 aliphatic rings. The van der Waals surface area contributed by atoms with Gasteiger partial charge in [0.05, 0.1) is 11.6 Å². The molecular weight excluding hydrogens is 374 g/mol. The second-order valence-corrected chi connectivity index (χ2v) is 5.59. The second-order valence-electron chi connectivity index (χ2n) is 4.30. The first-order valence-corrected chi connectivity index (χ1v) is 7.41. The normalized spacial score (nSPS) is 10.1. The Bertz CT molecular complexity index is 693. The molecule has 116 valence electrons. The predicted molar refractivity (Wildman–Crippen MR) is 87.9 cm³/mol. The van der Waals surface area contributed by atoms with Crippen LogP contribution in [0.3, 0.4) is 0 Å². The van der Waals surface area contributed by atoms with E-state index in [0.717, 1.165) is 0 Å². The van der Waals surface area contributed by atoms with Gasteiger partial charge in [-0.25, -0.2) is 0 Å². The van der Waals surface area contributed by atoms with Gasteiger partial charge in [0.25, 0.3) is 5.91 Å². The van der Waals surface area contributed by atoms with Crippen LogP contribution in [0.2, 0.25) is 5.02 Å². The number of benzene rings is 2. The van der Waals surface area contributed by atoms with Crippen molar-refractivity contribution in [2.24, 2.45) is 0 Å². The molecule has 2 N–H and O–H groups in total. The van der Waals surface area contributed by atoms with Crippen LogP contribution in [-0.2, 0) is 4.79 Å². The molecule has 7 heteroatoms. The Morgan fingerprint density at radius 2 is 2.00 bits per heavy atom. The number of halogens is 2. The van der Waals surface area contributed by atoms with Crippen molar-refractivity contribution in [2.75, 3.05) is 19.0 Å². The number of carbonyl (C=O) groups excluding carboxylic acids is 1. The first kappa shape index (κ1) is 16.5. The molecule has 0 unspecified atom stereocenters. The van der Waals surface area contributed by atoms with Gasteiger partial charge in [-0.15, -0.1) is 0 Å². The number of hydrogen-bond donors (Lipinski definition) is 2. The van der Waals surface area contributed by atoms with Crippen LogP contribution in [0.5, 0.6) is 17.2 Å². The van der Waals surface area contributed by atoms with Crippen LogP contribution in [0.4, 0.5) is 5.69 Å². The zero-order chi connectivity index (χ0) is 16.1. The highest BCUT2D eigenvalue weighted by Crippen LogP contribution is 2.29. The maximum atomic E-state index is 11.8. The number of carbonyl (C=O) groups is 1. The Labute approximate surface area is 140 Å².